The molecule has 2 N–H and O–H groups in total. The molecule has 4 nitrogen and oxygen atoms in total. The van der Waals surface area contributed by atoms with Crippen molar-refractivity contribution in [2.24, 2.45) is 5.73 Å². The van der Waals surface area contributed by atoms with Crippen molar-refractivity contribution >= 4 is 5.91 Å². The van der Waals surface area contributed by atoms with Crippen molar-refractivity contribution in [1.82, 2.24) is 4.90 Å². The minimum atomic E-state index is -0.238. The minimum Gasteiger partial charge on any atom is -0.370 e. The summed E-state index contributed by atoms with van der Waals surface area (Å²) in [6, 6.07) is 2.31. The van der Waals surface area contributed by atoms with Gasteiger partial charge in [0.25, 0.3) is 0 Å². The van der Waals surface area contributed by atoms with Gasteiger partial charge in [-0.25, -0.2) is 0 Å². The van der Waals surface area contributed by atoms with E-state index in [-0.39, 0.29) is 11.9 Å². The second kappa shape index (κ2) is 4.07. The van der Waals surface area contributed by atoms with Crippen LogP contribution in [0.1, 0.15) is 19.3 Å². The van der Waals surface area contributed by atoms with Crippen molar-refractivity contribution in [3.63, 3.8) is 0 Å². The molecule has 1 fully saturated rings. The van der Waals surface area contributed by atoms with Crippen LogP contribution in [0.3, 0.4) is 0 Å². The van der Waals surface area contributed by atoms with Crippen molar-refractivity contribution in [2.45, 2.75) is 25.3 Å². The van der Waals surface area contributed by atoms with Gasteiger partial charge in [-0.2, -0.15) is 5.26 Å². The van der Waals surface area contributed by atoms with Gasteiger partial charge in [-0.05, 0) is 19.4 Å². The van der Waals surface area contributed by atoms with Gasteiger partial charge < -0.3 is 5.73 Å². The molecule has 0 aliphatic carbocycles. The number of carbonyl (C=O) groups excluding carboxylic acids is 1. The van der Waals surface area contributed by atoms with Crippen molar-refractivity contribution in [1.29, 1.82) is 5.26 Å². The number of hydrogen-bond acceptors (Lipinski definition) is 3. The van der Waals surface area contributed by atoms with Crippen LogP contribution >= 0.6 is 0 Å². The Morgan fingerprint density at radius 1 is 1.67 bits per heavy atom. The Hall–Kier alpha value is -1.08. The highest BCUT2D eigenvalue weighted by atomic mass is 16.1. The summed E-state index contributed by atoms with van der Waals surface area (Å²) in [5.74, 6) is -0.238. The summed E-state index contributed by atoms with van der Waals surface area (Å²) in [6.07, 6.45) is 2.26. The Labute approximate surface area is 71.9 Å². The highest BCUT2D eigenvalue weighted by Gasteiger charge is 2.32. The van der Waals surface area contributed by atoms with Gasteiger partial charge in [0.1, 0.15) is 6.04 Å². The van der Waals surface area contributed by atoms with E-state index in [1.165, 1.54) is 0 Å². The van der Waals surface area contributed by atoms with Gasteiger partial charge in [0.2, 0.25) is 5.91 Å². The van der Waals surface area contributed by atoms with E-state index in [9.17, 15) is 4.79 Å². The number of rotatable bonds is 5. The molecule has 1 aliphatic rings. The number of nitrogens with zero attached hydrogens (tertiary/aromatic N) is 2. The van der Waals surface area contributed by atoms with Crippen LogP contribution < -0.4 is 5.73 Å². The molecule has 0 spiro atoms. The van der Waals surface area contributed by atoms with Crippen LogP contribution in [-0.4, -0.2) is 29.9 Å². The first-order chi connectivity index (χ1) is 5.74. The maximum absolute atomic E-state index is 10.3. The summed E-state index contributed by atoms with van der Waals surface area (Å²) in [6.45, 7) is 1.82. The summed E-state index contributed by atoms with van der Waals surface area (Å²) >= 11 is 0. The van der Waals surface area contributed by atoms with Gasteiger partial charge in [0.15, 0.2) is 0 Å². The van der Waals surface area contributed by atoms with E-state index in [1.807, 2.05) is 0 Å². The third-order valence-corrected chi connectivity index (χ3v) is 1.98. The van der Waals surface area contributed by atoms with Crippen LogP contribution in [0.2, 0.25) is 0 Å². The van der Waals surface area contributed by atoms with Crippen LogP contribution in [0.4, 0.5) is 0 Å². The molecule has 12 heavy (non-hydrogen) atoms. The van der Waals surface area contributed by atoms with Crippen LogP contribution in [0.5, 0.6) is 0 Å². The average molecular weight is 167 g/mol. The van der Waals surface area contributed by atoms with Crippen molar-refractivity contribution in [2.75, 3.05) is 13.1 Å². The largest absolute Gasteiger partial charge is 0.370 e. The van der Waals surface area contributed by atoms with Crippen LogP contribution in [-0.2, 0) is 4.79 Å². The van der Waals surface area contributed by atoms with Crippen molar-refractivity contribution in [3.8, 4) is 6.07 Å². The van der Waals surface area contributed by atoms with Crippen LogP contribution in [0, 0.1) is 11.3 Å². The number of carbonyl (C=O) groups is 1. The lowest BCUT2D eigenvalue weighted by atomic mass is 10.2. The Balaban J connectivity index is 1.92. The molecular formula is C8H13N3O. The fourth-order valence-corrected chi connectivity index (χ4v) is 1.16. The third-order valence-electron chi connectivity index (χ3n) is 1.98. The maximum Gasteiger partial charge on any atom is 0.217 e. The molecule has 0 aromatic heterocycles. The second-order valence-corrected chi connectivity index (χ2v) is 3.06. The highest BCUT2D eigenvalue weighted by Crippen LogP contribution is 2.16. The predicted octanol–water partition coefficient (Wildman–Crippen LogP) is -0.150. The number of hydrogen-bond donors (Lipinski definition) is 1. The van der Waals surface area contributed by atoms with Gasteiger partial charge in [0, 0.05) is 13.0 Å². The molecule has 2 atom stereocenters. The van der Waals surface area contributed by atoms with Gasteiger partial charge in [-0.3, -0.25) is 9.69 Å². The Morgan fingerprint density at radius 3 is 2.92 bits per heavy atom. The predicted molar refractivity (Wildman–Crippen MR) is 44.0 cm³/mol. The van der Waals surface area contributed by atoms with Gasteiger partial charge in [-0.1, -0.05) is 0 Å². The van der Waals surface area contributed by atoms with E-state index < -0.39 is 0 Å². The first-order valence-corrected chi connectivity index (χ1v) is 4.16. The zero-order chi connectivity index (χ0) is 8.97. The number of unbranched alkanes of at least 4 members (excludes halogenated alkanes) is 1. The first-order valence-electron chi connectivity index (χ1n) is 4.16. The van der Waals surface area contributed by atoms with Gasteiger partial charge >= 0.3 is 0 Å². The molecule has 1 saturated heterocycles. The SMILES string of the molecule is N#CC1CN1CCCCC(N)=O. The summed E-state index contributed by atoms with van der Waals surface area (Å²) in [5.41, 5.74) is 4.97. The summed E-state index contributed by atoms with van der Waals surface area (Å²) < 4.78 is 0. The standard InChI is InChI=1S/C8H13N3O/c9-5-7-6-11(7)4-2-1-3-8(10)12/h7H,1-4,6H2,(H2,10,12). The van der Waals surface area contributed by atoms with E-state index in [4.69, 9.17) is 11.0 Å². The molecule has 0 bridgehead atoms. The lowest BCUT2D eigenvalue weighted by Crippen LogP contribution is -2.11. The Bertz CT molecular complexity index is 209. The normalized spacial score (nSPS) is 26.2. The average Bonchev–Trinajstić information content (AvgIpc) is 2.76. The van der Waals surface area contributed by atoms with E-state index in [2.05, 4.69) is 11.0 Å². The zero-order valence-electron chi connectivity index (χ0n) is 6.99. The molecule has 1 rings (SSSR count). The van der Waals surface area contributed by atoms with E-state index in [0.29, 0.717) is 6.42 Å². The molecule has 0 saturated carbocycles. The molecule has 0 aromatic carbocycles. The molecule has 66 valence electrons. The van der Waals surface area contributed by atoms with Gasteiger partial charge in [-0.15, -0.1) is 0 Å². The van der Waals surface area contributed by atoms with E-state index >= 15 is 0 Å². The maximum atomic E-state index is 10.3. The molecule has 1 aliphatic heterocycles. The monoisotopic (exact) mass is 167 g/mol. The molecule has 4 heteroatoms. The molecule has 1 amide bonds. The number of nitrogens with two attached hydrogens (primary N) is 1. The lowest BCUT2D eigenvalue weighted by Gasteiger charge is -1.98. The summed E-state index contributed by atoms with van der Waals surface area (Å²) in [7, 11) is 0. The topological polar surface area (TPSA) is 69.9 Å². The fourth-order valence-electron chi connectivity index (χ4n) is 1.16. The lowest BCUT2D eigenvalue weighted by molar-refractivity contribution is -0.118. The summed E-state index contributed by atoms with van der Waals surface area (Å²) in [5, 5.41) is 8.46. The first kappa shape index (κ1) is 9.01. The molecular weight excluding hydrogens is 154 g/mol. The molecule has 1 heterocycles. The smallest absolute Gasteiger partial charge is 0.217 e. The molecule has 0 aromatic rings. The minimum absolute atomic E-state index is 0.138. The third kappa shape index (κ3) is 2.89. The second-order valence-electron chi connectivity index (χ2n) is 3.06. The quantitative estimate of drug-likeness (QED) is 0.457. The van der Waals surface area contributed by atoms with Gasteiger partial charge in [0.05, 0.1) is 6.07 Å². The zero-order valence-corrected chi connectivity index (χ0v) is 6.99. The molecule has 0 radical (unpaired) electrons. The van der Waals surface area contributed by atoms with Crippen molar-refractivity contribution in [3.05, 3.63) is 0 Å². The number of primary amides is 1. The highest BCUT2D eigenvalue weighted by molar-refractivity contribution is 5.73. The number of amides is 1. The molecule has 2 unspecified atom stereocenters. The Morgan fingerprint density at radius 2 is 2.42 bits per heavy atom. The van der Waals surface area contributed by atoms with Crippen LogP contribution in [0.25, 0.3) is 0 Å². The van der Waals surface area contributed by atoms with Crippen molar-refractivity contribution < 1.29 is 4.79 Å². The number of nitriles is 1. The van der Waals surface area contributed by atoms with Crippen LogP contribution in [0.15, 0.2) is 0 Å². The fraction of sp³-hybridized carbons (Fsp3) is 0.750. The summed E-state index contributed by atoms with van der Waals surface area (Å²) in [4.78, 5) is 12.4. The Kier molecular flexibility index (Phi) is 3.06. The van der Waals surface area contributed by atoms with E-state index in [0.717, 1.165) is 25.9 Å². The van der Waals surface area contributed by atoms with E-state index in [1.54, 1.807) is 0 Å².